The van der Waals surface area contributed by atoms with Crippen molar-refractivity contribution in [1.82, 2.24) is 0 Å². The van der Waals surface area contributed by atoms with Crippen molar-refractivity contribution in [2.45, 2.75) is 24.7 Å². The van der Waals surface area contributed by atoms with Gasteiger partial charge in [-0.2, -0.15) is 0 Å². The fraction of sp³-hybridized carbons (Fsp3) is 0.417. The molecule has 0 unspecified atom stereocenters. The molecule has 5 heteroatoms. The van der Waals surface area contributed by atoms with Gasteiger partial charge >= 0.3 is 5.97 Å². The minimum Gasteiger partial charge on any atom is -0.465 e. The summed E-state index contributed by atoms with van der Waals surface area (Å²) < 4.78 is 18.0. The van der Waals surface area contributed by atoms with Gasteiger partial charge in [0.05, 0.1) is 12.4 Å². The van der Waals surface area contributed by atoms with Gasteiger partial charge in [0.15, 0.2) is 0 Å². The average Bonchev–Trinajstić information content (AvgIpc) is 2.25. The van der Waals surface area contributed by atoms with E-state index in [1.807, 2.05) is 6.92 Å². The highest BCUT2D eigenvalue weighted by atomic mass is 32.2. The standard InChI is InChI=1S/C12H16FNO2S/c1-2-3-4-16-12(15)8-17-11-6-9(13)5-10(14)7-11/h5-7H,2-4,8,14H2,1H3. The molecule has 0 bridgehead atoms. The van der Waals surface area contributed by atoms with Crippen molar-refractivity contribution in [3.8, 4) is 0 Å². The molecule has 0 fully saturated rings. The first kappa shape index (κ1) is 13.8. The first-order valence-electron chi connectivity index (χ1n) is 5.46. The van der Waals surface area contributed by atoms with Gasteiger partial charge in [-0.05, 0) is 24.6 Å². The summed E-state index contributed by atoms with van der Waals surface area (Å²) in [7, 11) is 0. The zero-order valence-corrected chi connectivity index (χ0v) is 10.6. The summed E-state index contributed by atoms with van der Waals surface area (Å²) in [5, 5.41) is 0. The van der Waals surface area contributed by atoms with E-state index in [0.717, 1.165) is 12.8 Å². The number of nitrogens with two attached hydrogens (primary N) is 1. The smallest absolute Gasteiger partial charge is 0.316 e. The molecule has 0 saturated carbocycles. The molecule has 0 aliphatic carbocycles. The maximum absolute atomic E-state index is 13.0. The maximum Gasteiger partial charge on any atom is 0.316 e. The molecule has 1 rings (SSSR count). The van der Waals surface area contributed by atoms with Crippen molar-refractivity contribution in [2.75, 3.05) is 18.1 Å². The van der Waals surface area contributed by atoms with Gasteiger partial charge in [0, 0.05) is 10.6 Å². The van der Waals surface area contributed by atoms with E-state index in [4.69, 9.17) is 10.5 Å². The molecule has 0 radical (unpaired) electrons. The highest BCUT2D eigenvalue weighted by Crippen LogP contribution is 2.22. The van der Waals surface area contributed by atoms with Crippen LogP contribution in [0, 0.1) is 5.82 Å². The quantitative estimate of drug-likeness (QED) is 0.368. The second-order valence-corrected chi connectivity index (χ2v) is 4.63. The van der Waals surface area contributed by atoms with Crippen LogP contribution >= 0.6 is 11.8 Å². The highest BCUT2D eigenvalue weighted by Gasteiger charge is 2.05. The molecule has 0 aromatic heterocycles. The number of anilines is 1. The minimum absolute atomic E-state index is 0.173. The summed E-state index contributed by atoms with van der Waals surface area (Å²) in [4.78, 5) is 11.9. The van der Waals surface area contributed by atoms with Crippen LogP contribution in [0.25, 0.3) is 0 Å². The molecule has 0 aliphatic rings. The van der Waals surface area contributed by atoms with Gasteiger partial charge in [0.25, 0.3) is 0 Å². The fourth-order valence-corrected chi connectivity index (χ4v) is 1.97. The third kappa shape index (κ3) is 5.58. The molecule has 0 aliphatic heterocycles. The number of unbranched alkanes of at least 4 members (excludes halogenated alkanes) is 1. The van der Waals surface area contributed by atoms with Crippen LogP contribution in [0.5, 0.6) is 0 Å². The lowest BCUT2D eigenvalue weighted by atomic mass is 10.3. The zero-order chi connectivity index (χ0) is 12.7. The van der Waals surface area contributed by atoms with Crippen molar-refractivity contribution in [3.05, 3.63) is 24.0 Å². The largest absolute Gasteiger partial charge is 0.465 e. The zero-order valence-electron chi connectivity index (χ0n) is 9.74. The van der Waals surface area contributed by atoms with Crippen LogP contribution in [0.2, 0.25) is 0 Å². The van der Waals surface area contributed by atoms with E-state index >= 15 is 0 Å². The van der Waals surface area contributed by atoms with Crippen molar-refractivity contribution in [1.29, 1.82) is 0 Å². The number of nitrogen functional groups attached to an aromatic ring is 1. The number of hydrogen-bond acceptors (Lipinski definition) is 4. The predicted molar refractivity (Wildman–Crippen MR) is 67.4 cm³/mol. The average molecular weight is 257 g/mol. The van der Waals surface area contributed by atoms with E-state index < -0.39 is 5.82 Å². The number of thioether (sulfide) groups is 1. The number of carbonyl (C=O) groups excluding carboxylic acids is 1. The molecular formula is C12H16FNO2S. The number of esters is 1. The van der Waals surface area contributed by atoms with Crippen molar-refractivity contribution >= 4 is 23.4 Å². The summed E-state index contributed by atoms with van der Waals surface area (Å²) in [6, 6.07) is 4.22. The van der Waals surface area contributed by atoms with E-state index in [1.54, 1.807) is 6.07 Å². The Morgan fingerprint density at radius 2 is 2.24 bits per heavy atom. The number of hydrogen-bond donors (Lipinski definition) is 1. The normalized spacial score (nSPS) is 10.2. The fourth-order valence-electron chi connectivity index (χ4n) is 1.18. The summed E-state index contributed by atoms with van der Waals surface area (Å²) in [5.74, 6) is -0.509. The number of rotatable bonds is 6. The summed E-state index contributed by atoms with van der Waals surface area (Å²) in [6.45, 7) is 2.47. The van der Waals surface area contributed by atoms with Gasteiger partial charge in [-0.15, -0.1) is 11.8 Å². The van der Waals surface area contributed by atoms with Crippen LogP contribution in [-0.2, 0) is 9.53 Å². The summed E-state index contributed by atoms with van der Waals surface area (Å²) in [6.07, 6.45) is 1.85. The lowest BCUT2D eigenvalue weighted by Crippen LogP contribution is -2.08. The molecule has 0 heterocycles. The Morgan fingerprint density at radius 1 is 1.47 bits per heavy atom. The van der Waals surface area contributed by atoms with Crippen LogP contribution in [0.1, 0.15) is 19.8 Å². The van der Waals surface area contributed by atoms with Crippen molar-refractivity contribution < 1.29 is 13.9 Å². The predicted octanol–water partition coefficient (Wildman–Crippen LogP) is 2.84. The molecule has 94 valence electrons. The SMILES string of the molecule is CCCCOC(=O)CSc1cc(N)cc(F)c1. The summed E-state index contributed by atoms with van der Waals surface area (Å²) in [5.41, 5.74) is 5.85. The molecular weight excluding hydrogens is 241 g/mol. The van der Waals surface area contributed by atoms with Crippen LogP contribution in [0.4, 0.5) is 10.1 Å². The van der Waals surface area contributed by atoms with Crippen LogP contribution < -0.4 is 5.73 Å². The molecule has 2 N–H and O–H groups in total. The Balaban J connectivity index is 2.36. The number of benzene rings is 1. The molecule has 3 nitrogen and oxygen atoms in total. The minimum atomic E-state index is -0.396. The topological polar surface area (TPSA) is 52.3 Å². The first-order chi connectivity index (χ1) is 8.11. The lowest BCUT2D eigenvalue weighted by molar-refractivity contribution is -0.140. The Kier molecular flexibility index (Phi) is 5.83. The van der Waals surface area contributed by atoms with Crippen molar-refractivity contribution in [3.63, 3.8) is 0 Å². The second-order valence-electron chi connectivity index (χ2n) is 3.58. The van der Waals surface area contributed by atoms with Crippen LogP contribution in [0.15, 0.2) is 23.1 Å². The molecule has 1 aromatic rings. The highest BCUT2D eigenvalue weighted by molar-refractivity contribution is 8.00. The van der Waals surface area contributed by atoms with Crippen molar-refractivity contribution in [2.24, 2.45) is 0 Å². The van der Waals surface area contributed by atoms with Gasteiger partial charge in [-0.25, -0.2) is 4.39 Å². The van der Waals surface area contributed by atoms with Gasteiger partial charge in [0.1, 0.15) is 5.82 Å². The Hall–Kier alpha value is -1.23. The lowest BCUT2D eigenvalue weighted by Gasteiger charge is -2.04. The monoisotopic (exact) mass is 257 g/mol. The number of halogens is 1. The van der Waals surface area contributed by atoms with Crippen LogP contribution in [-0.4, -0.2) is 18.3 Å². The van der Waals surface area contributed by atoms with E-state index in [-0.39, 0.29) is 11.7 Å². The second kappa shape index (κ2) is 7.17. The van der Waals surface area contributed by atoms with E-state index in [0.29, 0.717) is 17.2 Å². The Morgan fingerprint density at radius 3 is 2.88 bits per heavy atom. The van der Waals surface area contributed by atoms with E-state index in [9.17, 15) is 9.18 Å². The third-order valence-corrected chi connectivity index (χ3v) is 2.96. The molecule has 0 spiro atoms. The third-order valence-electron chi connectivity index (χ3n) is 2.01. The molecule has 0 amide bonds. The number of carbonyl (C=O) groups is 1. The maximum atomic E-state index is 13.0. The van der Waals surface area contributed by atoms with Gasteiger partial charge < -0.3 is 10.5 Å². The van der Waals surface area contributed by atoms with Gasteiger partial charge in [-0.3, -0.25) is 4.79 Å². The Labute approximate surface area is 105 Å². The molecule has 0 saturated heterocycles. The van der Waals surface area contributed by atoms with Gasteiger partial charge in [-0.1, -0.05) is 13.3 Å². The molecule has 0 atom stereocenters. The van der Waals surface area contributed by atoms with Gasteiger partial charge in [0.2, 0.25) is 0 Å². The molecule has 17 heavy (non-hydrogen) atoms. The summed E-state index contributed by atoms with van der Waals surface area (Å²) >= 11 is 1.22. The first-order valence-corrected chi connectivity index (χ1v) is 6.45. The molecule has 1 aromatic carbocycles. The van der Waals surface area contributed by atoms with Crippen LogP contribution in [0.3, 0.4) is 0 Å². The number of ether oxygens (including phenoxy) is 1. The Bertz CT molecular complexity index is 365. The van der Waals surface area contributed by atoms with E-state index in [2.05, 4.69) is 0 Å². The van der Waals surface area contributed by atoms with E-state index in [1.165, 1.54) is 23.9 Å².